The molecule has 134 valence electrons. The van der Waals surface area contributed by atoms with Crippen molar-refractivity contribution in [2.75, 3.05) is 26.0 Å². The monoisotopic (exact) mass is 355 g/mol. The summed E-state index contributed by atoms with van der Waals surface area (Å²) in [5, 5.41) is 7.26. The molecule has 0 aliphatic heterocycles. The summed E-state index contributed by atoms with van der Waals surface area (Å²) in [6.45, 7) is 5.09. The SMILES string of the molecule is CCc1ccc(NC(=S)NC[C@@H](c2ccc(CC)cc2)N(C)C)cc1. The molecule has 0 fully saturated rings. The molecule has 0 aromatic heterocycles. The quantitative estimate of drug-likeness (QED) is 0.720. The van der Waals surface area contributed by atoms with Gasteiger partial charge in [0.2, 0.25) is 0 Å². The lowest BCUT2D eigenvalue weighted by Gasteiger charge is -2.26. The van der Waals surface area contributed by atoms with Gasteiger partial charge < -0.3 is 15.5 Å². The van der Waals surface area contributed by atoms with Crippen LogP contribution in [0.5, 0.6) is 0 Å². The van der Waals surface area contributed by atoms with Crippen LogP contribution in [0.4, 0.5) is 5.69 Å². The molecule has 2 aromatic rings. The summed E-state index contributed by atoms with van der Waals surface area (Å²) < 4.78 is 0. The second kappa shape index (κ2) is 9.54. The minimum atomic E-state index is 0.271. The van der Waals surface area contributed by atoms with Crippen molar-refractivity contribution >= 4 is 23.0 Å². The maximum atomic E-state index is 5.45. The maximum absolute atomic E-state index is 5.45. The summed E-state index contributed by atoms with van der Waals surface area (Å²) in [4.78, 5) is 2.21. The molecule has 3 nitrogen and oxygen atoms in total. The Morgan fingerprint density at radius 2 is 1.44 bits per heavy atom. The molecule has 2 rings (SSSR count). The molecule has 4 heteroatoms. The normalized spacial score (nSPS) is 12.0. The molecule has 1 atom stereocenters. The molecule has 0 amide bonds. The highest BCUT2D eigenvalue weighted by atomic mass is 32.1. The lowest BCUT2D eigenvalue weighted by molar-refractivity contribution is 0.299. The van der Waals surface area contributed by atoms with Crippen LogP contribution in [-0.2, 0) is 12.8 Å². The van der Waals surface area contributed by atoms with Crippen molar-refractivity contribution in [1.29, 1.82) is 0 Å². The third kappa shape index (κ3) is 5.83. The van der Waals surface area contributed by atoms with Crippen LogP contribution >= 0.6 is 12.2 Å². The molecular weight excluding hydrogens is 326 g/mol. The number of aryl methyl sites for hydroxylation is 2. The fourth-order valence-electron chi connectivity index (χ4n) is 2.76. The van der Waals surface area contributed by atoms with Crippen molar-refractivity contribution in [2.24, 2.45) is 0 Å². The van der Waals surface area contributed by atoms with E-state index in [-0.39, 0.29) is 6.04 Å². The Balaban J connectivity index is 1.93. The number of hydrogen-bond donors (Lipinski definition) is 2. The summed E-state index contributed by atoms with van der Waals surface area (Å²) in [6, 6.07) is 17.5. The predicted molar refractivity (Wildman–Crippen MR) is 112 cm³/mol. The van der Waals surface area contributed by atoms with Gasteiger partial charge in [-0.05, 0) is 68.0 Å². The zero-order valence-corrected chi connectivity index (χ0v) is 16.5. The summed E-state index contributed by atoms with van der Waals surface area (Å²) in [5.41, 5.74) is 5.00. The van der Waals surface area contributed by atoms with Gasteiger partial charge in [0, 0.05) is 12.2 Å². The summed E-state index contributed by atoms with van der Waals surface area (Å²) >= 11 is 5.45. The molecule has 2 N–H and O–H groups in total. The topological polar surface area (TPSA) is 27.3 Å². The zero-order valence-electron chi connectivity index (χ0n) is 15.7. The highest BCUT2D eigenvalue weighted by molar-refractivity contribution is 7.80. The van der Waals surface area contributed by atoms with Crippen molar-refractivity contribution in [3.8, 4) is 0 Å². The van der Waals surface area contributed by atoms with Gasteiger partial charge in [0.25, 0.3) is 0 Å². The van der Waals surface area contributed by atoms with Crippen LogP contribution in [0.2, 0.25) is 0 Å². The largest absolute Gasteiger partial charge is 0.361 e. The third-order valence-corrected chi connectivity index (χ3v) is 4.72. The Morgan fingerprint density at radius 3 is 1.92 bits per heavy atom. The van der Waals surface area contributed by atoms with Crippen LogP contribution in [0.3, 0.4) is 0 Å². The molecule has 0 saturated carbocycles. The first-order valence-corrected chi connectivity index (χ1v) is 9.33. The first-order valence-electron chi connectivity index (χ1n) is 8.92. The minimum Gasteiger partial charge on any atom is -0.361 e. The smallest absolute Gasteiger partial charge is 0.170 e. The molecule has 0 radical (unpaired) electrons. The molecule has 0 unspecified atom stereocenters. The Kier molecular flexibility index (Phi) is 7.41. The van der Waals surface area contributed by atoms with Crippen LogP contribution in [0.25, 0.3) is 0 Å². The Hall–Kier alpha value is -1.91. The van der Waals surface area contributed by atoms with Gasteiger partial charge in [-0.25, -0.2) is 0 Å². The molecule has 0 spiro atoms. The fourth-order valence-corrected chi connectivity index (χ4v) is 2.96. The number of hydrogen-bond acceptors (Lipinski definition) is 2. The Labute approximate surface area is 157 Å². The van der Waals surface area contributed by atoms with E-state index in [1.165, 1.54) is 16.7 Å². The number of nitrogens with zero attached hydrogens (tertiary/aromatic N) is 1. The van der Waals surface area contributed by atoms with E-state index in [0.29, 0.717) is 5.11 Å². The molecule has 0 bridgehead atoms. The van der Waals surface area contributed by atoms with Gasteiger partial charge in [-0.15, -0.1) is 0 Å². The first-order chi connectivity index (χ1) is 12.0. The van der Waals surface area contributed by atoms with Crippen molar-refractivity contribution in [2.45, 2.75) is 32.7 Å². The number of benzene rings is 2. The lowest BCUT2D eigenvalue weighted by atomic mass is 10.0. The summed E-state index contributed by atoms with van der Waals surface area (Å²) in [5.74, 6) is 0. The molecule has 0 saturated heterocycles. The van der Waals surface area contributed by atoms with Crippen molar-refractivity contribution < 1.29 is 0 Å². The van der Waals surface area contributed by atoms with E-state index in [1.807, 2.05) is 0 Å². The highest BCUT2D eigenvalue weighted by Crippen LogP contribution is 2.18. The lowest BCUT2D eigenvalue weighted by Crippen LogP contribution is -2.36. The highest BCUT2D eigenvalue weighted by Gasteiger charge is 2.14. The van der Waals surface area contributed by atoms with E-state index in [4.69, 9.17) is 12.2 Å². The fraction of sp³-hybridized carbons (Fsp3) is 0.381. The minimum absolute atomic E-state index is 0.271. The van der Waals surface area contributed by atoms with E-state index in [2.05, 4.69) is 92.0 Å². The van der Waals surface area contributed by atoms with Gasteiger partial charge >= 0.3 is 0 Å². The molecule has 0 aliphatic rings. The van der Waals surface area contributed by atoms with Gasteiger partial charge in [-0.2, -0.15) is 0 Å². The number of anilines is 1. The van der Waals surface area contributed by atoms with Gasteiger partial charge in [-0.1, -0.05) is 50.2 Å². The van der Waals surface area contributed by atoms with E-state index < -0.39 is 0 Å². The van der Waals surface area contributed by atoms with Crippen molar-refractivity contribution in [3.63, 3.8) is 0 Å². The van der Waals surface area contributed by atoms with E-state index >= 15 is 0 Å². The maximum Gasteiger partial charge on any atom is 0.170 e. The standard InChI is InChI=1S/C21H29N3S/c1-5-16-7-11-18(12-8-16)20(24(3)4)15-22-21(25)23-19-13-9-17(6-2)10-14-19/h7-14,20H,5-6,15H2,1-4H3,(H2,22,23,25)/t20-/m0/s1. The molecule has 2 aromatic carbocycles. The van der Waals surface area contributed by atoms with Gasteiger partial charge in [0.1, 0.15) is 0 Å². The number of rotatable bonds is 7. The average molecular weight is 356 g/mol. The van der Waals surface area contributed by atoms with E-state index in [1.54, 1.807) is 0 Å². The summed E-state index contributed by atoms with van der Waals surface area (Å²) in [6.07, 6.45) is 2.11. The Bertz CT molecular complexity index is 663. The van der Waals surface area contributed by atoms with Crippen LogP contribution in [0, 0.1) is 0 Å². The van der Waals surface area contributed by atoms with Crippen LogP contribution in [-0.4, -0.2) is 30.7 Å². The molecule has 0 aliphatic carbocycles. The van der Waals surface area contributed by atoms with Crippen molar-refractivity contribution in [1.82, 2.24) is 10.2 Å². The average Bonchev–Trinajstić information content (AvgIpc) is 2.62. The van der Waals surface area contributed by atoms with Crippen LogP contribution < -0.4 is 10.6 Å². The number of thiocarbonyl (C=S) groups is 1. The molecule has 25 heavy (non-hydrogen) atoms. The predicted octanol–water partition coefficient (Wildman–Crippen LogP) is 4.40. The van der Waals surface area contributed by atoms with E-state index in [0.717, 1.165) is 25.1 Å². The van der Waals surface area contributed by atoms with Crippen molar-refractivity contribution in [3.05, 3.63) is 65.2 Å². The first kappa shape index (κ1) is 19.4. The van der Waals surface area contributed by atoms with Crippen LogP contribution in [0.15, 0.2) is 48.5 Å². The zero-order chi connectivity index (χ0) is 18.2. The van der Waals surface area contributed by atoms with Crippen LogP contribution in [0.1, 0.15) is 36.6 Å². The molecular formula is C21H29N3S. The third-order valence-electron chi connectivity index (χ3n) is 4.47. The van der Waals surface area contributed by atoms with Gasteiger partial charge in [0.05, 0.1) is 6.04 Å². The Morgan fingerprint density at radius 1 is 0.920 bits per heavy atom. The second-order valence-corrected chi connectivity index (χ2v) is 6.87. The second-order valence-electron chi connectivity index (χ2n) is 6.46. The van der Waals surface area contributed by atoms with Gasteiger partial charge in [-0.3, -0.25) is 0 Å². The number of likely N-dealkylation sites (N-methyl/N-ethyl adjacent to an activating group) is 1. The summed E-state index contributed by atoms with van der Waals surface area (Å²) in [7, 11) is 4.19. The number of nitrogens with one attached hydrogen (secondary N) is 2. The van der Waals surface area contributed by atoms with E-state index in [9.17, 15) is 0 Å². The molecule has 0 heterocycles. The van der Waals surface area contributed by atoms with Gasteiger partial charge in [0.15, 0.2) is 5.11 Å².